The number of fused-ring (bicyclic) bond motifs is 3. The van der Waals surface area contributed by atoms with E-state index in [0.29, 0.717) is 6.42 Å². The van der Waals surface area contributed by atoms with E-state index in [4.69, 9.17) is 0 Å². The lowest BCUT2D eigenvalue weighted by atomic mass is 10.1. The van der Waals surface area contributed by atoms with Gasteiger partial charge in [-0.15, -0.1) is 0 Å². The molecule has 0 amide bonds. The van der Waals surface area contributed by atoms with Gasteiger partial charge in [0.25, 0.3) is 0 Å². The number of rotatable bonds is 1. The van der Waals surface area contributed by atoms with Crippen LogP contribution >= 0.6 is 11.8 Å². The van der Waals surface area contributed by atoms with Gasteiger partial charge < -0.3 is 0 Å². The fourth-order valence-electron chi connectivity index (χ4n) is 2.71. The maximum absolute atomic E-state index is 12.5. The van der Waals surface area contributed by atoms with E-state index in [1.165, 1.54) is 11.1 Å². The fourth-order valence-corrected chi connectivity index (χ4v) is 3.94. The average molecular weight is 294 g/mol. The molecule has 4 rings (SSSR count). The SMILES string of the molecule is Cc1ccc([C@H]2CC(=O)n3c(nc4ccccc43)S2)cc1. The molecule has 0 bridgehead atoms. The van der Waals surface area contributed by atoms with Gasteiger partial charge in [0.2, 0.25) is 5.91 Å². The van der Waals surface area contributed by atoms with Crippen molar-refractivity contribution < 1.29 is 4.79 Å². The van der Waals surface area contributed by atoms with Gasteiger partial charge in [-0.1, -0.05) is 53.7 Å². The van der Waals surface area contributed by atoms with Crippen LogP contribution in [0.4, 0.5) is 0 Å². The highest BCUT2D eigenvalue weighted by molar-refractivity contribution is 7.99. The summed E-state index contributed by atoms with van der Waals surface area (Å²) in [4.78, 5) is 17.1. The lowest BCUT2D eigenvalue weighted by molar-refractivity contribution is 0.0891. The molecule has 1 aliphatic heterocycles. The van der Waals surface area contributed by atoms with Crippen LogP contribution in [-0.2, 0) is 0 Å². The van der Waals surface area contributed by atoms with Crippen molar-refractivity contribution in [3.05, 3.63) is 59.7 Å². The minimum Gasteiger partial charge on any atom is -0.274 e. The molecule has 4 heteroatoms. The van der Waals surface area contributed by atoms with E-state index in [9.17, 15) is 4.79 Å². The number of carbonyl (C=O) groups excluding carboxylic acids is 1. The maximum Gasteiger partial charge on any atom is 0.234 e. The van der Waals surface area contributed by atoms with E-state index in [-0.39, 0.29) is 11.2 Å². The maximum atomic E-state index is 12.5. The van der Waals surface area contributed by atoms with E-state index in [2.05, 4.69) is 36.2 Å². The molecule has 3 aromatic rings. The predicted molar refractivity (Wildman–Crippen MR) is 84.8 cm³/mol. The van der Waals surface area contributed by atoms with Crippen LogP contribution < -0.4 is 0 Å². The van der Waals surface area contributed by atoms with Crippen LogP contribution in [0.5, 0.6) is 0 Å². The molecule has 0 unspecified atom stereocenters. The summed E-state index contributed by atoms with van der Waals surface area (Å²) in [6.45, 7) is 2.07. The van der Waals surface area contributed by atoms with Gasteiger partial charge in [-0.3, -0.25) is 9.36 Å². The summed E-state index contributed by atoms with van der Waals surface area (Å²) in [6, 6.07) is 16.2. The average Bonchev–Trinajstić information content (AvgIpc) is 2.86. The Hall–Kier alpha value is -2.07. The van der Waals surface area contributed by atoms with Crippen molar-refractivity contribution in [2.45, 2.75) is 23.8 Å². The summed E-state index contributed by atoms with van der Waals surface area (Å²) in [5, 5.41) is 0.959. The second-order valence-corrected chi connectivity index (χ2v) is 6.50. The predicted octanol–water partition coefficient (Wildman–Crippen LogP) is 4.22. The number of aryl methyl sites for hydroxylation is 1. The third-order valence-electron chi connectivity index (χ3n) is 3.84. The highest BCUT2D eigenvalue weighted by atomic mass is 32.2. The molecule has 3 nitrogen and oxygen atoms in total. The molecule has 1 atom stereocenters. The molecule has 1 aliphatic rings. The Morgan fingerprint density at radius 3 is 2.71 bits per heavy atom. The summed E-state index contributed by atoms with van der Waals surface area (Å²) < 4.78 is 1.75. The summed E-state index contributed by atoms with van der Waals surface area (Å²) in [5.74, 6) is 0.128. The zero-order chi connectivity index (χ0) is 14.4. The summed E-state index contributed by atoms with van der Waals surface area (Å²) in [5.41, 5.74) is 4.22. The van der Waals surface area contributed by atoms with Crippen molar-refractivity contribution in [2.75, 3.05) is 0 Å². The lowest BCUT2D eigenvalue weighted by Gasteiger charge is -2.22. The van der Waals surface area contributed by atoms with Crippen molar-refractivity contribution in [1.29, 1.82) is 0 Å². The second kappa shape index (κ2) is 4.74. The molecule has 0 fully saturated rings. The lowest BCUT2D eigenvalue weighted by Crippen LogP contribution is -2.19. The van der Waals surface area contributed by atoms with Gasteiger partial charge in [0.15, 0.2) is 5.16 Å². The molecular weight excluding hydrogens is 280 g/mol. The quantitative estimate of drug-likeness (QED) is 0.674. The number of nitrogens with zero attached hydrogens (tertiary/aromatic N) is 2. The van der Waals surface area contributed by atoms with Crippen molar-refractivity contribution >= 4 is 28.7 Å². The van der Waals surface area contributed by atoms with Gasteiger partial charge in [0.1, 0.15) is 0 Å². The van der Waals surface area contributed by atoms with Crippen molar-refractivity contribution in [2.24, 2.45) is 0 Å². The van der Waals surface area contributed by atoms with Gasteiger partial charge in [-0.05, 0) is 24.6 Å². The monoisotopic (exact) mass is 294 g/mol. The van der Waals surface area contributed by atoms with Crippen molar-refractivity contribution in [3.63, 3.8) is 0 Å². The van der Waals surface area contributed by atoms with Crippen LogP contribution in [0.1, 0.15) is 27.6 Å². The highest BCUT2D eigenvalue weighted by Crippen LogP contribution is 2.42. The van der Waals surface area contributed by atoms with E-state index < -0.39 is 0 Å². The number of hydrogen-bond acceptors (Lipinski definition) is 3. The molecule has 0 spiro atoms. The third kappa shape index (κ3) is 2.07. The van der Waals surface area contributed by atoms with E-state index in [1.54, 1.807) is 16.3 Å². The van der Waals surface area contributed by atoms with Crippen molar-refractivity contribution in [1.82, 2.24) is 9.55 Å². The normalized spacial score (nSPS) is 18.0. The minimum absolute atomic E-state index is 0.128. The Labute approximate surface area is 127 Å². The molecule has 0 N–H and O–H groups in total. The van der Waals surface area contributed by atoms with Gasteiger partial charge in [-0.2, -0.15) is 0 Å². The van der Waals surface area contributed by atoms with Crippen LogP contribution in [0.25, 0.3) is 11.0 Å². The molecule has 2 aromatic carbocycles. The Balaban J connectivity index is 1.78. The topological polar surface area (TPSA) is 34.9 Å². The third-order valence-corrected chi connectivity index (χ3v) is 5.04. The largest absolute Gasteiger partial charge is 0.274 e. The van der Waals surface area contributed by atoms with Crippen LogP contribution in [-0.4, -0.2) is 15.5 Å². The first-order valence-corrected chi connectivity index (χ1v) is 7.84. The molecule has 21 heavy (non-hydrogen) atoms. The summed E-state index contributed by atoms with van der Waals surface area (Å²) in [6.07, 6.45) is 0.515. The van der Waals surface area contributed by atoms with Crippen LogP contribution in [0.15, 0.2) is 53.7 Å². The molecule has 104 valence electrons. The highest BCUT2D eigenvalue weighted by Gasteiger charge is 2.29. The Morgan fingerprint density at radius 1 is 1.14 bits per heavy atom. The number of imidazole rings is 1. The van der Waals surface area contributed by atoms with E-state index >= 15 is 0 Å². The number of hydrogen-bond donors (Lipinski definition) is 0. The number of benzene rings is 2. The zero-order valence-corrected chi connectivity index (χ0v) is 12.4. The Kier molecular flexibility index (Phi) is 2.86. The molecule has 1 aromatic heterocycles. The number of thioether (sulfide) groups is 1. The molecular formula is C17H14N2OS. The second-order valence-electron chi connectivity index (χ2n) is 5.33. The van der Waals surface area contributed by atoms with Gasteiger partial charge in [-0.25, -0.2) is 4.98 Å². The van der Waals surface area contributed by atoms with Gasteiger partial charge >= 0.3 is 0 Å². The molecule has 0 aliphatic carbocycles. The number of aromatic nitrogens is 2. The number of para-hydroxylation sites is 2. The van der Waals surface area contributed by atoms with Crippen molar-refractivity contribution in [3.8, 4) is 0 Å². The zero-order valence-electron chi connectivity index (χ0n) is 11.6. The van der Waals surface area contributed by atoms with Gasteiger partial charge in [0, 0.05) is 11.7 Å². The van der Waals surface area contributed by atoms with Gasteiger partial charge in [0.05, 0.1) is 11.0 Å². The Bertz CT molecular complexity index is 836. The summed E-state index contributed by atoms with van der Waals surface area (Å²) in [7, 11) is 0. The van der Waals surface area contributed by atoms with Crippen LogP contribution in [0, 0.1) is 6.92 Å². The van der Waals surface area contributed by atoms with E-state index in [0.717, 1.165) is 16.2 Å². The fraction of sp³-hybridized carbons (Fsp3) is 0.176. The first-order chi connectivity index (χ1) is 10.2. The van der Waals surface area contributed by atoms with E-state index in [1.807, 2.05) is 24.3 Å². The van der Waals surface area contributed by atoms with Crippen LogP contribution in [0.3, 0.4) is 0 Å². The van der Waals surface area contributed by atoms with Crippen LogP contribution in [0.2, 0.25) is 0 Å². The molecule has 0 radical (unpaired) electrons. The Morgan fingerprint density at radius 2 is 1.90 bits per heavy atom. The molecule has 0 saturated carbocycles. The smallest absolute Gasteiger partial charge is 0.234 e. The standard InChI is InChI=1S/C17H14N2OS/c1-11-6-8-12(9-7-11)15-10-16(20)19-14-5-3-2-4-13(14)18-17(19)21-15/h2-9,15H,10H2,1H3/t15-/m1/s1. The minimum atomic E-state index is 0.128. The summed E-state index contributed by atoms with van der Waals surface area (Å²) >= 11 is 1.68. The molecule has 2 heterocycles. The first kappa shape index (κ1) is 12.7. The molecule has 0 saturated heterocycles. The number of carbonyl (C=O) groups is 1. The first-order valence-electron chi connectivity index (χ1n) is 6.96.